The standard InChI is InChI=1S/C20H19FN2O4/c1-13-18(11-22-23(13)16-6-4-15(21)5-7-16)20(24)27-12-14-10-17(25-2)8-9-19(14)26-3/h4-11H,12H2,1-3H3. The topological polar surface area (TPSA) is 62.6 Å². The monoisotopic (exact) mass is 370 g/mol. The van der Waals surface area contributed by atoms with Crippen LogP contribution in [0.4, 0.5) is 4.39 Å². The van der Waals surface area contributed by atoms with Crippen LogP contribution < -0.4 is 9.47 Å². The maximum atomic E-state index is 13.1. The first-order valence-corrected chi connectivity index (χ1v) is 8.22. The summed E-state index contributed by atoms with van der Waals surface area (Å²) in [5, 5.41) is 4.20. The van der Waals surface area contributed by atoms with Crippen LogP contribution in [-0.2, 0) is 11.3 Å². The highest BCUT2D eigenvalue weighted by Gasteiger charge is 2.17. The fourth-order valence-electron chi connectivity index (χ4n) is 2.67. The third kappa shape index (κ3) is 3.92. The lowest BCUT2D eigenvalue weighted by molar-refractivity contribution is 0.0469. The molecule has 0 saturated carbocycles. The molecule has 3 aromatic rings. The average Bonchev–Trinajstić information content (AvgIpc) is 3.08. The Balaban J connectivity index is 1.77. The molecule has 0 aliphatic carbocycles. The maximum Gasteiger partial charge on any atom is 0.341 e. The molecule has 1 heterocycles. The summed E-state index contributed by atoms with van der Waals surface area (Å²) in [6.07, 6.45) is 1.43. The van der Waals surface area contributed by atoms with E-state index in [9.17, 15) is 9.18 Å². The Morgan fingerprint density at radius 2 is 1.85 bits per heavy atom. The Kier molecular flexibility index (Phi) is 5.40. The molecule has 0 amide bonds. The smallest absolute Gasteiger partial charge is 0.341 e. The molecule has 0 fully saturated rings. The molecule has 0 bridgehead atoms. The van der Waals surface area contributed by atoms with Gasteiger partial charge in [-0.25, -0.2) is 13.9 Å². The normalized spacial score (nSPS) is 10.5. The van der Waals surface area contributed by atoms with Crippen molar-refractivity contribution in [3.8, 4) is 17.2 Å². The molecule has 0 radical (unpaired) electrons. The molecular weight excluding hydrogens is 351 g/mol. The van der Waals surface area contributed by atoms with Crippen molar-refractivity contribution < 1.29 is 23.4 Å². The first-order valence-electron chi connectivity index (χ1n) is 8.22. The third-order valence-corrected chi connectivity index (χ3v) is 4.15. The number of benzene rings is 2. The Morgan fingerprint density at radius 3 is 2.52 bits per heavy atom. The van der Waals surface area contributed by atoms with Crippen molar-refractivity contribution in [2.24, 2.45) is 0 Å². The first-order chi connectivity index (χ1) is 13.0. The van der Waals surface area contributed by atoms with E-state index < -0.39 is 5.97 Å². The van der Waals surface area contributed by atoms with Crippen LogP contribution in [0.15, 0.2) is 48.7 Å². The minimum Gasteiger partial charge on any atom is -0.497 e. The molecule has 1 aromatic heterocycles. The largest absolute Gasteiger partial charge is 0.497 e. The van der Waals surface area contributed by atoms with Gasteiger partial charge in [0.05, 0.1) is 31.8 Å². The number of hydrogen-bond acceptors (Lipinski definition) is 5. The molecule has 0 aliphatic rings. The zero-order valence-electron chi connectivity index (χ0n) is 15.2. The van der Waals surface area contributed by atoms with Crippen LogP contribution >= 0.6 is 0 Å². The molecule has 3 rings (SSSR count). The van der Waals surface area contributed by atoms with Gasteiger partial charge in [-0.05, 0) is 49.4 Å². The molecule has 0 atom stereocenters. The van der Waals surface area contributed by atoms with Crippen molar-refractivity contribution in [1.29, 1.82) is 0 Å². The summed E-state index contributed by atoms with van der Waals surface area (Å²) in [6.45, 7) is 1.78. The molecule has 140 valence electrons. The van der Waals surface area contributed by atoms with E-state index in [-0.39, 0.29) is 12.4 Å². The molecule has 7 heteroatoms. The average molecular weight is 370 g/mol. The van der Waals surface area contributed by atoms with Crippen LogP contribution in [0.25, 0.3) is 5.69 Å². The summed E-state index contributed by atoms with van der Waals surface area (Å²) in [5.41, 5.74) is 2.28. The number of carbonyl (C=O) groups excluding carboxylic acids is 1. The second-order valence-corrected chi connectivity index (χ2v) is 5.79. The van der Waals surface area contributed by atoms with Crippen LogP contribution in [-0.4, -0.2) is 30.0 Å². The molecule has 27 heavy (non-hydrogen) atoms. The Bertz CT molecular complexity index is 951. The number of ether oxygens (including phenoxy) is 3. The number of carbonyl (C=O) groups is 1. The van der Waals surface area contributed by atoms with Gasteiger partial charge in [0.1, 0.15) is 29.5 Å². The van der Waals surface area contributed by atoms with Crippen LogP contribution in [0.2, 0.25) is 0 Å². The highest BCUT2D eigenvalue weighted by Crippen LogP contribution is 2.25. The third-order valence-electron chi connectivity index (χ3n) is 4.15. The summed E-state index contributed by atoms with van der Waals surface area (Å²) in [7, 11) is 3.11. The van der Waals surface area contributed by atoms with Gasteiger partial charge >= 0.3 is 5.97 Å². The van der Waals surface area contributed by atoms with Crippen molar-refractivity contribution in [1.82, 2.24) is 9.78 Å². The van der Waals surface area contributed by atoms with Crippen molar-refractivity contribution in [2.45, 2.75) is 13.5 Å². The molecule has 0 spiro atoms. The van der Waals surface area contributed by atoms with Crippen molar-refractivity contribution in [3.05, 3.63) is 71.3 Å². The molecular formula is C20H19FN2O4. The van der Waals surface area contributed by atoms with Crippen molar-refractivity contribution >= 4 is 5.97 Å². The summed E-state index contributed by atoms with van der Waals surface area (Å²) >= 11 is 0. The van der Waals surface area contributed by atoms with Crippen molar-refractivity contribution in [2.75, 3.05) is 14.2 Å². The lowest BCUT2D eigenvalue weighted by Crippen LogP contribution is -2.08. The fourth-order valence-corrected chi connectivity index (χ4v) is 2.67. The zero-order valence-corrected chi connectivity index (χ0v) is 15.2. The number of esters is 1. The van der Waals surface area contributed by atoms with E-state index in [4.69, 9.17) is 14.2 Å². The minimum absolute atomic E-state index is 0.0281. The van der Waals surface area contributed by atoms with Crippen LogP contribution in [0, 0.1) is 12.7 Å². The predicted molar refractivity (Wildman–Crippen MR) is 96.9 cm³/mol. The molecule has 6 nitrogen and oxygen atoms in total. The van der Waals surface area contributed by atoms with Crippen LogP contribution in [0.5, 0.6) is 11.5 Å². The molecule has 0 unspecified atom stereocenters. The molecule has 0 aliphatic heterocycles. The Hall–Kier alpha value is -3.35. The SMILES string of the molecule is COc1ccc(OC)c(COC(=O)c2cnn(-c3ccc(F)cc3)c2C)c1. The van der Waals surface area contributed by atoms with Gasteiger partial charge in [-0.15, -0.1) is 0 Å². The lowest BCUT2D eigenvalue weighted by Gasteiger charge is -2.11. The molecule has 0 saturated heterocycles. The maximum absolute atomic E-state index is 13.1. The number of rotatable bonds is 6. The van der Waals surface area contributed by atoms with Crippen LogP contribution in [0.3, 0.4) is 0 Å². The van der Waals surface area contributed by atoms with Gasteiger partial charge in [0.15, 0.2) is 0 Å². The zero-order chi connectivity index (χ0) is 19.4. The minimum atomic E-state index is -0.509. The van der Waals surface area contributed by atoms with Gasteiger partial charge in [-0.3, -0.25) is 0 Å². The highest BCUT2D eigenvalue weighted by atomic mass is 19.1. The number of nitrogens with zero attached hydrogens (tertiary/aromatic N) is 2. The summed E-state index contributed by atoms with van der Waals surface area (Å²) < 4.78 is 30.5. The lowest BCUT2D eigenvalue weighted by atomic mass is 10.2. The van der Waals surface area contributed by atoms with E-state index in [1.54, 1.807) is 56.2 Å². The number of halogens is 1. The van der Waals surface area contributed by atoms with Gasteiger partial charge in [0.25, 0.3) is 0 Å². The summed E-state index contributed by atoms with van der Waals surface area (Å²) in [5.74, 6) is 0.394. The second kappa shape index (κ2) is 7.90. The van der Waals surface area contributed by atoms with Crippen LogP contribution in [0.1, 0.15) is 21.6 Å². The molecule has 2 aromatic carbocycles. The van der Waals surface area contributed by atoms with E-state index in [1.807, 2.05) is 0 Å². The van der Waals surface area contributed by atoms with Crippen molar-refractivity contribution in [3.63, 3.8) is 0 Å². The van der Waals surface area contributed by atoms with Gasteiger partial charge in [0.2, 0.25) is 0 Å². The molecule has 0 N–H and O–H groups in total. The Morgan fingerprint density at radius 1 is 1.11 bits per heavy atom. The quantitative estimate of drug-likeness (QED) is 0.619. The first kappa shape index (κ1) is 18.4. The summed E-state index contributed by atoms with van der Waals surface area (Å²) in [4.78, 5) is 12.5. The van der Waals surface area contributed by atoms with E-state index in [0.717, 1.165) is 0 Å². The fraction of sp³-hybridized carbons (Fsp3) is 0.200. The second-order valence-electron chi connectivity index (χ2n) is 5.79. The van der Waals surface area contributed by atoms with E-state index in [0.29, 0.717) is 34.0 Å². The van der Waals surface area contributed by atoms with E-state index in [1.165, 1.54) is 18.3 Å². The summed E-state index contributed by atoms with van der Waals surface area (Å²) in [6, 6.07) is 11.1. The van der Waals surface area contributed by atoms with Gasteiger partial charge in [-0.1, -0.05) is 0 Å². The predicted octanol–water partition coefficient (Wildman–Crippen LogP) is 3.69. The van der Waals surface area contributed by atoms with E-state index in [2.05, 4.69) is 5.10 Å². The Labute approximate surface area is 156 Å². The number of hydrogen-bond donors (Lipinski definition) is 0. The number of aromatic nitrogens is 2. The van der Waals surface area contributed by atoms with Gasteiger partial charge in [-0.2, -0.15) is 5.10 Å². The number of methoxy groups -OCH3 is 2. The van der Waals surface area contributed by atoms with E-state index >= 15 is 0 Å². The highest BCUT2D eigenvalue weighted by molar-refractivity contribution is 5.90. The van der Waals surface area contributed by atoms with Gasteiger partial charge in [0, 0.05) is 5.56 Å². The van der Waals surface area contributed by atoms with Gasteiger partial charge < -0.3 is 14.2 Å².